The van der Waals surface area contributed by atoms with Crippen LogP contribution < -0.4 is 16.0 Å². The number of carbonyl (C=O) groups excluding carboxylic acids is 1. The predicted octanol–water partition coefficient (Wildman–Crippen LogP) is 1.35. The van der Waals surface area contributed by atoms with E-state index in [1.165, 1.54) is 25.1 Å². The average molecular weight is 277 g/mol. The standard InChI is InChI=1S/C9H10BrFN2O2/c1-5(9(14)13-12)15-8-4-6(11)2-3-7(8)10/h2-5H,12H2,1H3,(H,13,14). The molecule has 3 N–H and O–H groups in total. The van der Waals surface area contributed by atoms with E-state index in [1.54, 1.807) is 0 Å². The molecular formula is C9H10BrFN2O2. The van der Waals surface area contributed by atoms with Gasteiger partial charge in [-0.25, -0.2) is 10.2 Å². The van der Waals surface area contributed by atoms with Crippen molar-refractivity contribution in [2.45, 2.75) is 13.0 Å². The Morgan fingerprint density at radius 2 is 2.33 bits per heavy atom. The van der Waals surface area contributed by atoms with E-state index in [0.29, 0.717) is 4.47 Å². The van der Waals surface area contributed by atoms with E-state index < -0.39 is 17.8 Å². The van der Waals surface area contributed by atoms with E-state index in [9.17, 15) is 9.18 Å². The number of nitrogens with two attached hydrogens (primary N) is 1. The molecule has 0 saturated carbocycles. The number of nitrogens with one attached hydrogen (secondary N) is 1. The molecule has 0 radical (unpaired) electrons. The molecule has 4 nitrogen and oxygen atoms in total. The first kappa shape index (κ1) is 11.9. The average Bonchev–Trinajstić information content (AvgIpc) is 2.22. The third-order valence-corrected chi connectivity index (χ3v) is 2.36. The van der Waals surface area contributed by atoms with Crippen LogP contribution in [0.5, 0.6) is 5.75 Å². The second kappa shape index (κ2) is 5.09. The number of benzene rings is 1. The molecule has 0 aliphatic rings. The van der Waals surface area contributed by atoms with Crippen LogP contribution in [-0.4, -0.2) is 12.0 Å². The van der Waals surface area contributed by atoms with Gasteiger partial charge in [-0.2, -0.15) is 0 Å². The minimum Gasteiger partial charge on any atom is -0.480 e. The molecule has 15 heavy (non-hydrogen) atoms. The number of hydrogen-bond acceptors (Lipinski definition) is 3. The van der Waals surface area contributed by atoms with Gasteiger partial charge in [0.1, 0.15) is 11.6 Å². The first-order valence-electron chi connectivity index (χ1n) is 4.16. The van der Waals surface area contributed by atoms with Crippen LogP contribution >= 0.6 is 15.9 Å². The summed E-state index contributed by atoms with van der Waals surface area (Å²) in [5, 5.41) is 0. The number of hydrogen-bond donors (Lipinski definition) is 2. The fourth-order valence-electron chi connectivity index (χ4n) is 0.929. The van der Waals surface area contributed by atoms with Crippen molar-refractivity contribution < 1.29 is 13.9 Å². The van der Waals surface area contributed by atoms with E-state index in [4.69, 9.17) is 10.6 Å². The Kier molecular flexibility index (Phi) is 4.05. The van der Waals surface area contributed by atoms with Crippen molar-refractivity contribution in [1.82, 2.24) is 5.43 Å². The van der Waals surface area contributed by atoms with Crippen molar-refractivity contribution in [3.63, 3.8) is 0 Å². The highest BCUT2D eigenvalue weighted by Gasteiger charge is 2.14. The number of carbonyl (C=O) groups is 1. The van der Waals surface area contributed by atoms with E-state index >= 15 is 0 Å². The second-order valence-electron chi connectivity index (χ2n) is 2.84. The molecule has 6 heteroatoms. The molecule has 1 rings (SSSR count). The fraction of sp³-hybridized carbons (Fsp3) is 0.222. The van der Waals surface area contributed by atoms with Crippen molar-refractivity contribution in [2.24, 2.45) is 5.84 Å². The quantitative estimate of drug-likeness (QED) is 0.498. The molecule has 0 fully saturated rings. The van der Waals surface area contributed by atoms with Gasteiger partial charge >= 0.3 is 0 Å². The molecule has 0 aliphatic heterocycles. The Morgan fingerprint density at radius 3 is 2.93 bits per heavy atom. The first-order chi connectivity index (χ1) is 7.04. The minimum atomic E-state index is -0.784. The fourth-order valence-corrected chi connectivity index (χ4v) is 1.27. The molecule has 1 atom stereocenters. The van der Waals surface area contributed by atoms with E-state index in [-0.39, 0.29) is 5.75 Å². The lowest BCUT2D eigenvalue weighted by Crippen LogP contribution is -2.40. The summed E-state index contributed by atoms with van der Waals surface area (Å²) < 4.78 is 18.6. The van der Waals surface area contributed by atoms with Crippen LogP contribution in [0.2, 0.25) is 0 Å². The lowest BCUT2D eigenvalue weighted by Gasteiger charge is -2.13. The van der Waals surface area contributed by atoms with E-state index in [1.807, 2.05) is 5.43 Å². The number of rotatable bonds is 3. The van der Waals surface area contributed by atoms with Crippen molar-refractivity contribution in [3.8, 4) is 5.75 Å². The first-order valence-corrected chi connectivity index (χ1v) is 4.96. The minimum absolute atomic E-state index is 0.256. The molecule has 1 aromatic rings. The van der Waals surface area contributed by atoms with Gasteiger partial charge in [0.15, 0.2) is 6.10 Å². The van der Waals surface area contributed by atoms with Crippen LogP contribution in [0, 0.1) is 5.82 Å². The molecule has 0 heterocycles. The Balaban J connectivity index is 2.80. The highest BCUT2D eigenvalue weighted by molar-refractivity contribution is 9.10. The number of hydrazine groups is 1. The largest absolute Gasteiger partial charge is 0.480 e. The smallest absolute Gasteiger partial charge is 0.274 e. The zero-order chi connectivity index (χ0) is 11.4. The highest BCUT2D eigenvalue weighted by atomic mass is 79.9. The van der Waals surface area contributed by atoms with Crippen LogP contribution in [0.3, 0.4) is 0 Å². The van der Waals surface area contributed by atoms with Gasteiger partial charge in [0.2, 0.25) is 0 Å². The summed E-state index contributed by atoms with van der Waals surface area (Å²) in [5.41, 5.74) is 1.95. The van der Waals surface area contributed by atoms with Crippen molar-refractivity contribution in [1.29, 1.82) is 0 Å². The maximum atomic E-state index is 12.9. The molecule has 1 aromatic carbocycles. The van der Waals surface area contributed by atoms with Crippen LogP contribution in [0.4, 0.5) is 4.39 Å². The van der Waals surface area contributed by atoms with Gasteiger partial charge in [0, 0.05) is 6.07 Å². The maximum Gasteiger partial charge on any atom is 0.274 e. The van der Waals surface area contributed by atoms with E-state index in [0.717, 1.165) is 0 Å². The predicted molar refractivity (Wildman–Crippen MR) is 56.5 cm³/mol. The maximum absolute atomic E-state index is 12.9. The molecule has 0 aromatic heterocycles. The zero-order valence-electron chi connectivity index (χ0n) is 7.96. The van der Waals surface area contributed by atoms with Gasteiger partial charge in [-0.15, -0.1) is 0 Å². The summed E-state index contributed by atoms with van der Waals surface area (Å²) in [6, 6.07) is 3.97. The van der Waals surface area contributed by atoms with Crippen LogP contribution in [-0.2, 0) is 4.79 Å². The lowest BCUT2D eigenvalue weighted by atomic mass is 10.3. The molecule has 1 amide bonds. The molecule has 82 valence electrons. The number of ether oxygens (including phenoxy) is 1. The summed E-state index contributed by atoms with van der Waals surface area (Å²) in [6.07, 6.45) is -0.784. The van der Waals surface area contributed by atoms with Gasteiger partial charge in [0.25, 0.3) is 5.91 Å². The molecule has 0 bridgehead atoms. The molecular weight excluding hydrogens is 267 g/mol. The monoisotopic (exact) mass is 276 g/mol. The molecule has 0 spiro atoms. The normalized spacial score (nSPS) is 12.0. The summed E-state index contributed by atoms with van der Waals surface area (Å²) >= 11 is 3.18. The molecule has 1 unspecified atom stereocenters. The zero-order valence-corrected chi connectivity index (χ0v) is 9.55. The van der Waals surface area contributed by atoms with Gasteiger partial charge in [-0.05, 0) is 35.0 Å². The third-order valence-electron chi connectivity index (χ3n) is 1.71. The van der Waals surface area contributed by atoms with Crippen LogP contribution in [0.15, 0.2) is 22.7 Å². The van der Waals surface area contributed by atoms with Crippen LogP contribution in [0.1, 0.15) is 6.92 Å². The molecule has 0 saturated heterocycles. The second-order valence-corrected chi connectivity index (χ2v) is 3.70. The SMILES string of the molecule is CC(Oc1cc(F)ccc1Br)C(=O)NN. The highest BCUT2D eigenvalue weighted by Crippen LogP contribution is 2.26. The summed E-state index contributed by atoms with van der Waals surface area (Å²) in [6.45, 7) is 1.51. The molecule has 0 aliphatic carbocycles. The third kappa shape index (κ3) is 3.17. The Bertz CT molecular complexity index is 373. The lowest BCUT2D eigenvalue weighted by molar-refractivity contribution is -0.127. The van der Waals surface area contributed by atoms with Crippen molar-refractivity contribution >= 4 is 21.8 Å². The number of halogens is 2. The summed E-state index contributed by atoms with van der Waals surface area (Å²) in [5.74, 6) is 4.27. The Morgan fingerprint density at radius 1 is 1.67 bits per heavy atom. The summed E-state index contributed by atoms with van der Waals surface area (Å²) in [7, 11) is 0. The van der Waals surface area contributed by atoms with Gasteiger partial charge in [0.05, 0.1) is 4.47 Å². The van der Waals surface area contributed by atoms with Gasteiger partial charge in [-0.1, -0.05) is 0 Å². The topological polar surface area (TPSA) is 64.3 Å². The van der Waals surface area contributed by atoms with Gasteiger partial charge in [-0.3, -0.25) is 10.2 Å². The van der Waals surface area contributed by atoms with Crippen molar-refractivity contribution in [2.75, 3.05) is 0 Å². The number of amides is 1. The summed E-state index contributed by atoms with van der Waals surface area (Å²) in [4.78, 5) is 11.0. The van der Waals surface area contributed by atoms with E-state index in [2.05, 4.69) is 15.9 Å². The van der Waals surface area contributed by atoms with Crippen molar-refractivity contribution in [3.05, 3.63) is 28.5 Å². The Hall–Kier alpha value is -1.14. The van der Waals surface area contributed by atoms with Gasteiger partial charge < -0.3 is 4.74 Å². The van der Waals surface area contributed by atoms with Crippen LogP contribution in [0.25, 0.3) is 0 Å². The Labute approximate surface area is 94.7 Å².